The number of fused-ring (bicyclic) bond motifs is 2. The standard InChI is InChI=1S/C20H13N5O2S/c26-18(23-20-22-15-8-4-5-9-16(15)28-20)14-12-21-17-10-11-24(25(17)19(14)27)13-6-2-1-3-7-13/h1-12H,(H,22,23,26). The van der Waals surface area contributed by atoms with Crippen molar-refractivity contribution in [3.63, 3.8) is 0 Å². The van der Waals surface area contributed by atoms with E-state index in [0.29, 0.717) is 10.8 Å². The molecule has 0 saturated heterocycles. The van der Waals surface area contributed by atoms with E-state index in [1.165, 1.54) is 22.0 Å². The average Bonchev–Trinajstić information content (AvgIpc) is 3.32. The number of benzene rings is 2. The second-order valence-electron chi connectivity index (χ2n) is 6.08. The summed E-state index contributed by atoms with van der Waals surface area (Å²) in [5.41, 5.74) is 1.56. The molecule has 7 nitrogen and oxygen atoms in total. The molecule has 0 radical (unpaired) electrons. The lowest BCUT2D eigenvalue weighted by molar-refractivity contribution is 0.102. The molecule has 5 aromatic rings. The fourth-order valence-electron chi connectivity index (χ4n) is 3.01. The van der Waals surface area contributed by atoms with E-state index >= 15 is 0 Å². The predicted molar refractivity (Wildman–Crippen MR) is 108 cm³/mol. The molecule has 0 aliphatic rings. The van der Waals surface area contributed by atoms with Crippen molar-refractivity contribution >= 4 is 38.2 Å². The molecule has 0 unspecified atom stereocenters. The van der Waals surface area contributed by atoms with Crippen LogP contribution in [0.1, 0.15) is 10.4 Å². The fraction of sp³-hybridized carbons (Fsp3) is 0. The largest absolute Gasteiger partial charge is 0.298 e. The summed E-state index contributed by atoms with van der Waals surface area (Å²) in [7, 11) is 0. The van der Waals surface area contributed by atoms with Gasteiger partial charge in [-0.2, -0.15) is 4.52 Å². The molecule has 0 atom stereocenters. The van der Waals surface area contributed by atoms with Crippen molar-refractivity contribution in [3.05, 3.63) is 89.0 Å². The van der Waals surface area contributed by atoms with Crippen LogP contribution in [0.2, 0.25) is 0 Å². The van der Waals surface area contributed by atoms with Gasteiger partial charge in [0.05, 0.1) is 15.9 Å². The molecule has 0 bridgehead atoms. The van der Waals surface area contributed by atoms with Gasteiger partial charge >= 0.3 is 0 Å². The summed E-state index contributed by atoms with van der Waals surface area (Å²) in [5, 5.41) is 3.15. The van der Waals surface area contributed by atoms with E-state index in [4.69, 9.17) is 0 Å². The highest BCUT2D eigenvalue weighted by Gasteiger charge is 2.17. The molecule has 0 aliphatic heterocycles. The number of aromatic nitrogens is 4. The van der Waals surface area contributed by atoms with Crippen LogP contribution in [0.5, 0.6) is 0 Å². The summed E-state index contributed by atoms with van der Waals surface area (Å²) >= 11 is 1.35. The molecule has 3 heterocycles. The van der Waals surface area contributed by atoms with Crippen LogP contribution in [0.3, 0.4) is 0 Å². The topological polar surface area (TPSA) is 81.3 Å². The zero-order chi connectivity index (χ0) is 19.1. The van der Waals surface area contributed by atoms with Crippen molar-refractivity contribution in [3.8, 4) is 5.69 Å². The van der Waals surface area contributed by atoms with Crippen LogP contribution in [-0.4, -0.2) is 25.1 Å². The number of anilines is 1. The van der Waals surface area contributed by atoms with Gasteiger partial charge in [-0.1, -0.05) is 41.7 Å². The molecule has 136 valence electrons. The number of carbonyl (C=O) groups excluding carboxylic acids is 1. The van der Waals surface area contributed by atoms with Gasteiger partial charge in [0.1, 0.15) is 5.56 Å². The van der Waals surface area contributed by atoms with E-state index < -0.39 is 11.5 Å². The predicted octanol–water partition coefficient (Wildman–Crippen LogP) is 3.35. The number of para-hydroxylation sites is 2. The zero-order valence-corrected chi connectivity index (χ0v) is 15.3. The van der Waals surface area contributed by atoms with Crippen molar-refractivity contribution in [1.82, 2.24) is 19.2 Å². The molecular formula is C20H13N5O2S. The first-order chi connectivity index (χ1) is 13.7. The lowest BCUT2D eigenvalue weighted by atomic mass is 10.3. The Bertz CT molecular complexity index is 1350. The molecule has 1 N–H and O–H groups in total. The summed E-state index contributed by atoms with van der Waals surface area (Å²) in [4.78, 5) is 34.4. The number of amides is 1. The third-order valence-corrected chi connectivity index (χ3v) is 5.28. The third kappa shape index (κ3) is 2.67. The maximum absolute atomic E-state index is 13.0. The molecule has 28 heavy (non-hydrogen) atoms. The highest BCUT2D eigenvalue weighted by atomic mass is 32.1. The van der Waals surface area contributed by atoms with Crippen molar-refractivity contribution in [2.75, 3.05) is 5.32 Å². The van der Waals surface area contributed by atoms with Gasteiger partial charge in [0.2, 0.25) is 0 Å². The van der Waals surface area contributed by atoms with Gasteiger partial charge in [0.25, 0.3) is 11.5 Å². The Morgan fingerprint density at radius 3 is 2.61 bits per heavy atom. The van der Waals surface area contributed by atoms with Gasteiger partial charge in [-0.3, -0.25) is 19.6 Å². The van der Waals surface area contributed by atoms with Crippen LogP contribution in [-0.2, 0) is 0 Å². The molecule has 1 amide bonds. The van der Waals surface area contributed by atoms with Crippen LogP contribution < -0.4 is 10.9 Å². The van der Waals surface area contributed by atoms with E-state index in [-0.39, 0.29) is 5.56 Å². The normalized spacial score (nSPS) is 11.1. The molecule has 5 rings (SSSR count). The molecule has 8 heteroatoms. The molecule has 3 aromatic heterocycles. The number of rotatable bonds is 3. The highest BCUT2D eigenvalue weighted by molar-refractivity contribution is 7.22. The van der Waals surface area contributed by atoms with E-state index in [2.05, 4.69) is 15.3 Å². The Morgan fingerprint density at radius 1 is 1.00 bits per heavy atom. The van der Waals surface area contributed by atoms with E-state index in [9.17, 15) is 9.59 Å². The van der Waals surface area contributed by atoms with Crippen LogP contribution >= 0.6 is 11.3 Å². The molecule has 0 aliphatic carbocycles. The fourth-order valence-corrected chi connectivity index (χ4v) is 3.87. The molecular weight excluding hydrogens is 374 g/mol. The Hall–Kier alpha value is -3.78. The minimum Gasteiger partial charge on any atom is -0.298 e. The molecule has 0 fully saturated rings. The first kappa shape index (κ1) is 16.4. The van der Waals surface area contributed by atoms with Gasteiger partial charge < -0.3 is 0 Å². The van der Waals surface area contributed by atoms with Gasteiger partial charge in [-0.25, -0.2) is 9.97 Å². The zero-order valence-electron chi connectivity index (χ0n) is 14.4. The van der Waals surface area contributed by atoms with Crippen molar-refractivity contribution < 1.29 is 4.79 Å². The summed E-state index contributed by atoms with van der Waals surface area (Å²) in [5.74, 6) is -0.535. The second-order valence-corrected chi connectivity index (χ2v) is 7.11. The minimum atomic E-state index is -0.535. The van der Waals surface area contributed by atoms with Gasteiger partial charge in [0.15, 0.2) is 10.8 Å². The summed E-state index contributed by atoms with van der Waals surface area (Å²) in [6.07, 6.45) is 3.05. The first-order valence-corrected chi connectivity index (χ1v) is 9.34. The first-order valence-electron chi connectivity index (χ1n) is 8.52. The summed E-state index contributed by atoms with van der Waals surface area (Å²) < 4.78 is 4.00. The van der Waals surface area contributed by atoms with E-state index in [0.717, 1.165) is 15.9 Å². The average molecular weight is 387 g/mol. The Labute approximate surface area is 162 Å². The van der Waals surface area contributed by atoms with Crippen molar-refractivity contribution in [2.24, 2.45) is 0 Å². The molecule has 0 saturated carbocycles. The van der Waals surface area contributed by atoms with Gasteiger partial charge in [-0.15, -0.1) is 0 Å². The maximum atomic E-state index is 13.0. The van der Waals surface area contributed by atoms with Gasteiger partial charge in [-0.05, 0) is 24.3 Å². The SMILES string of the molecule is O=C(Nc1nc2ccccc2s1)c1cnc2ccn(-c3ccccc3)n2c1=O. The van der Waals surface area contributed by atoms with Crippen molar-refractivity contribution in [2.45, 2.75) is 0 Å². The number of hydrogen-bond acceptors (Lipinski definition) is 5. The van der Waals surface area contributed by atoms with Gasteiger partial charge in [0, 0.05) is 18.5 Å². The number of carbonyl (C=O) groups is 1. The number of hydrogen-bond donors (Lipinski definition) is 1. The Morgan fingerprint density at radius 2 is 1.79 bits per heavy atom. The monoisotopic (exact) mass is 387 g/mol. The van der Waals surface area contributed by atoms with Crippen LogP contribution in [0.4, 0.5) is 5.13 Å². The smallest absolute Gasteiger partial charge is 0.286 e. The molecule has 0 spiro atoms. The van der Waals surface area contributed by atoms with E-state index in [1.54, 1.807) is 16.9 Å². The highest BCUT2D eigenvalue weighted by Crippen LogP contribution is 2.25. The minimum absolute atomic E-state index is 0.0485. The van der Waals surface area contributed by atoms with Crippen LogP contribution in [0.15, 0.2) is 77.9 Å². The lowest BCUT2D eigenvalue weighted by Crippen LogP contribution is -2.29. The Balaban J connectivity index is 1.56. The summed E-state index contributed by atoms with van der Waals surface area (Å²) in [6, 6.07) is 18.7. The third-order valence-electron chi connectivity index (χ3n) is 4.33. The summed E-state index contributed by atoms with van der Waals surface area (Å²) in [6.45, 7) is 0. The van der Waals surface area contributed by atoms with Crippen LogP contribution in [0, 0.1) is 0 Å². The maximum Gasteiger partial charge on any atom is 0.286 e. The van der Waals surface area contributed by atoms with E-state index in [1.807, 2.05) is 54.6 Å². The van der Waals surface area contributed by atoms with Crippen LogP contribution in [0.25, 0.3) is 21.6 Å². The quantitative estimate of drug-likeness (QED) is 0.515. The lowest BCUT2D eigenvalue weighted by Gasteiger charge is -2.07. The number of thiazole rings is 1. The second kappa shape index (κ2) is 6.43. The van der Waals surface area contributed by atoms with Crippen molar-refractivity contribution in [1.29, 1.82) is 0 Å². The number of nitrogens with zero attached hydrogens (tertiary/aromatic N) is 4. The number of nitrogens with one attached hydrogen (secondary N) is 1. The molecule has 2 aromatic carbocycles. The Kier molecular flexibility index (Phi) is 3.77.